The summed E-state index contributed by atoms with van der Waals surface area (Å²) in [5.74, 6) is -0.346. The van der Waals surface area contributed by atoms with Gasteiger partial charge in [-0.05, 0) is 25.5 Å². The molecule has 1 unspecified atom stereocenters. The topological polar surface area (TPSA) is 90.3 Å². The summed E-state index contributed by atoms with van der Waals surface area (Å²) in [5.41, 5.74) is 0.345. The molecular formula is C21H29N3O4S. The molecule has 1 N–H and O–H groups in total. The number of esters is 1. The zero-order chi connectivity index (χ0) is 21.2. The van der Waals surface area contributed by atoms with Gasteiger partial charge in [0, 0.05) is 12.6 Å². The summed E-state index contributed by atoms with van der Waals surface area (Å²) >= 11 is 1.20. The van der Waals surface area contributed by atoms with Crippen molar-refractivity contribution in [3.8, 4) is 0 Å². The average Bonchev–Trinajstić information content (AvgIpc) is 2.71. The molecular weight excluding hydrogens is 390 g/mol. The van der Waals surface area contributed by atoms with Crippen molar-refractivity contribution in [2.45, 2.75) is 63.7 Å². The standard InChI is InChI=1S/C21H29N3O4S/c1-4-5-6-9-15(2)22-18(25)14-29-21-23-17-11-8-7-10-16(17)20(27)24(21)13-12-19(26)28-3/h7-8,10-11,15H,4-6,9,12-14H2,1-3H3,(H,22,25). The molecule has 1 aromatic heterocycles. The molecule has 8 heteroatoms. The third kappa shape index (κ3) is 6.88. The van der Waals surface area contributed by atoms with Crippen LogP contribution in [0.25, 0.3) is 10.9 Å². The molecule has 2 rings (SSSR count). The van der Waals surface area contributed by atoms with Crippen molar-refractivity contribution >= 4 is 34.5 Å². The third-order valence-corrected chi connectivity index (χ3v) is 5.55. The van der Waals surface area contributed by atoms with E-state index >= 15 is 0 Å². The summed E-state index contributed by atoms with van der Waals surface area (Å²) in [6.45, 7) is 4.30. The molecule has 0 aliphatic heterocycles. The van der Waals surface area contributed by atoms with Crippen LogP contribution in [0.4, 0.5) is 0 Å². The first-order chi connectivity index (χ1) is 14.0. The van der Waals surface area contributed by atoms with Gasteiger partial charge in [-0.1, -0.05) is 50.1 Å². The highest BCUT2D eigenvalue weighted by Crippen LogP contribution is 2.18. The minimum atomic E-state index is -0.403. The molecule has 0 aliphatic rings. The van der Waals surface area contributed by atoms with Crippen LogP contribution >= 0.6 is 11.8 Å². The number of ether oxygens (including phenoxy) is 1. The van der Waals surface area contributed by atoms with Gasteiger partial charge >= 0.3 is 5.97 Å². The Kier molecular flexibility index (Phi) is 9.18. The Hall–Kier alpha value is -2.35. The van der Waals surface area contributed by atoms with E-state index in [2.05, 4.69) is 22.0 Å². The molecule has 1 aromatic carbocycles. The number of hydrogen-bond acceptors (Lipinski definition) is 6. The molecule has 0 aliphatic carbocycles. The highest BCUT2D eigenvalue weighted by atomic mass is 32.2. The molecule has 1 atom stereocenters. The maximum Gasteiger partial charge on any atom is 0.307 e. The predicted molar refractivity (Wildman–Crippen MR) is 115 cm³/mol. The molecule has 7 nitrogen and oxygen atoms in total. The van der Waals surface area contributed by atoms with Crippen molar-refractivity contribution in [2.75, 3.05) is 12.9 Å². The van der Waals surface area contributed by atoms with Gasteiger partial charge < -0.3 is 10.1 Å². The largest absolute Gasteiger partial charge is 0.469 e. The molecule has 1 amide bonds. The van der Waals surface area contributed by atoms with Crippen LogP contribution in [0.15, 0.2) is 34.2 Å². The number of para-hydroxylation sites is 1. The minimum absolute atomic E-state index is 0.0602. The molecule has 0 spiro atoms. The van der Waals surface area contributed by atoms with Gasteiger partial charge in [-0.3, -0.25) is 19.0 Å². The number of hydrogen-bond donors (Lipinski definition) is 1. The highest BCUT2D eigenvalue weighted by Gasteiger charge is 2.15. The van der Waals surface area contributed by atoms with Gasteiger partial charge in [-0.2, -0.15) is 0 Å². The maximum atomic E-state index is 12.9. The van der Waals surface area contributed by atoms with E-state index in [1.807, 2.05) is 13.0 Å². The lowest BCUT2D eigenvalue weighted by atomic mass is 10.1. The van der Waals surface area contributed by atoms with Gasteiger partial charge in [0.1, 0.15) is 0 Å². The van der Waals surface area contributed by atoms with Crippen molar-refractivity contribution in [3.63, 3.8) is 0 Å². The number of carbonyl (C=O) groups is 2. The molecule has 0 radical (unpaired) electrons. The maximum absolute atomic E-state index is 12.9. The number of unbranched alkanes of at least 4 members (excludes halogenated alkanes) is 2. The number of methoxy groups -OCH3 is 1. The van der Waals surface area contributed by atoms with E-state index in [1.165, 1.54) is 23.4 Å². The van der Waals surface area contributed by atoms with Crippen molar-refractivity contribution in [1.29, 1.82) is 0 Å². The number of fused-ring (bicyclic) bond motifs is 1. The lowest BCUT2D eigenvalue weighted by Gasteiger charge is -2.15. The van der Waals surface area contributed by atoms with Crippen LogP contribution in [0.2, 0.25) is 0 Å². The van der Waals surface area contributed by atoms with Crippen LogP contribution in [0.1, 0.15) is 46.0 Å². The van der Waals surface area contributed by atoms with E-state index in [0.717, 1.165) is 25.7 Å². The molecule has 0 saturated heterocycles. The molecule has 29 heavy (non-hydrogen) atoms. The number of nitrogens with one attached hydrogen (secondary N) is 1. The van der Waals surface area contributed by atoms with Gasteiger partial charge in [0.2, 0.25) is 5.91 Å². The van der Waals surface area contributed by atoms with E-state index in [-0.39, 0.29) is 36.2 Å². The van der Waals surface area contributed by atoms with Crippen LogP contribution in [0.3, 0.4) is 0 Å². The van der Waals surface area contributed by atoms with Crippen LogP contribution in [0, 0.1) is 0 Å². The number of thioether (sulfide) groups is 1. The van der Waals surface area contributed by atoms with Crippen LogP contribution in [-0.4, -0.2) is 40.3 Å². The molecule has 2 aromatic rings. The number of carbonyl (C=O) groups excluding carboxylic acids is 2. The first-order valence-corrected chi connectivity index (χ1v) is 10.9. The number of benzene rings is 1. The molecule has 158 valence electrons. The second kappa shape index (κ2) is 11.6. The van der Waals surface area contributed by atoms with Crippen molar-refractivity contribution in [1.82, 2.24) is 14.9 Å². The summed E-state index contributed by atoms with van der Waals surface area (Å²) in [7, 11) is 1.31. The second-order valence-corrected chi connectivity index (χ2v) is 7.89. The number of rotatable bonds is 11. The van der Waals surface area contributed by atoms with Gasteiger partial charge in [-0.15, -0.1) is 0 Å². The monoisotopic (exact) mass is 419 g/mol. The Labute approximate surface area is 175 Å². The van der Waals surface area contributed by atoms with Gasteiger partial charge in [0.15, 0.2) is 5.16 Å². The van der Waals surface area contributed by atoms with Gasteiger partial charge in [0.25, 0.3) is 5.56 Å². The average molecular weight is 420 g/mol. The number of nitrogens with zero attached hydrogens (tertiary/aromatic N) is 2. The quantitative estimate of drug-likeness (QED) is 0.260. The zero-order valence-corrected chi connectivity index (χ0v) is 18.1. The summed E-state index contributed by atoms with van der Waals surface area (Å²) < 4.78 is 6.12. The molecule has 0 bridgehead atoms. The van der Waals surface area contributed by atoms with E-state index in [1.54, 1.807) is 18.2 Å². The molecule has 0 fully saturated rings. The predicted octanol–water partition coefficient (Wildman–Crippen LogP) is 3.14. The lowest BCUT2D eigenvalue weighted by molar-refractivity contribution is -0.140. The van der Waals surface area contributed by atoms with E-state index < -0.39 is 5.97 Å². The Bertz CT molecular complexity index is 897. The lowest BCUT2D eigenvalue weighted by Crippen LogP contribution is -2.34. The Balaban J connectivity index is 2.12. The number of aromatic nitrogens is 2. The smallest absolute Gasteiger partial charge is 0.307 e. The third-order valence-electron chi connectivity index (χ3n) is 4.57. The normalized spacial score (nSPS) is 12.0. The van der Waals surface area contributed by atoms with Crippen LogP contribution < -0.4 is 10.9 Å². The van der Waals surface area contributed by atoms with Gasteiger partial charge in [-0.25, -0.2) is 4.98 Å². The van der Waals surface area contributed by atoms with Crippen molar-refractivity contribution in [3.05, 3.63) is 34.6 Å². The Morgan fingerprint density at radius 1 is 1.28 bits per heavy atom. The first-order valence-electron chi connectivity index (χ1n) is 9.94. The first kappa shape index (κ1) is 22.9. The fraction of sp³-hybridized carbons (Fsp3) is 0.524. The van der Waals surface area contributed by atoms with Crippen molar-refractivity contribution < 1.29 is 14.3 Å². The summed E-state index contributed by atoms with van der Waals surface area (Å²) in [5, 5.41) is 3.90. The van der Waals surface area contributed by atoms with E-state index in [4.69, 9.17) is 0 Å². The SMILES string of the molecule is CCCCCC(C)NC(=O)CSc1nc2ccccc2c(=O)n1CCC(=O)OC. The van der Waals surface area contributed by atoms with Crippen molar-refractivity contribution in [2.24, 2.45) is 0 Å². The highest BCUT2D eigenvalue weighted by molar-refractivity contribution is 7.99. The summed E-state index contributed by atoms with van der Waals surface area (Å²) in [6.07, 6.45) is 4.40. The Morgan fingerprint density at radius 3 is 2.76 bits per heavy atom. The number of amides is 1. The minimum Gasteiger partial charge on any atom is -0.469 e. The fourth-order valence-electron chi connectivity index (χ4n) is 2.98. The summed E-state index contributed by atoms with van der Waals surface area (Å²) in [4.78, 5) is 41.3. The fourth-order valence-corrected chi connectivity index (χ4v) is 3.82. The molecule has 1 heterocycles. The second-order valence-electron chi connectivity index (χ2n) is 6.95. The molecule has 0 saturated carbocycles. The summed E-state index contributed by atoms with van der Waals surface area (Å²) in [6, 6.07) is 7.17. The van der Waals surface area contributed by atoms with E-state index in [0.29, 0.717) is 16.1 Å². The van der Waals surface area contributed by atoms with Crippen LogP contribution in [-0.2, 0) is 20.9 Å². The zero-order valence-electron chi connectivity index (χ0n) is 17.3. The van der Waals surface area contributed by atoms with Gasteiger partial charge in [0.05, 0.1) is 30.2 Å². The Morgan fingerprint density at radius 2 is 2.03 bits per heavy atom. The van der Waals surface area contributed by atoms with E-state index in [9.17, 15) is 14.4 Å². The van der Waals surface area contributed by atoms with Crippen LogP contribution in [0.5, 0.6) is 0 Å².